The predicted octanol–water partition coefficient (Wildman–Crippen LogP) is 23.8. The summed E-state index contributed by atoms with van der Waals surface area (Å²) in [5, 5.41) is 7.20. The van der Waals surface area contributed by atoms with Crippen molar-refractivity contribution in [3.63, 3.8) is 0 Å². The molecule has 426 valence electrons. The first-order valence-corrected chi connectivity index (χ1v) is 31.0. The number of rotatable bonds is 13. The Morgan fingerprint density at radius 2 is 0.522 bits per heavy atom. The lowest BCUT2D eigenvalue weighted by atomic mass is 9.94. The van der Waals surface area contributed by atoms with E-state index in [-0.39, 0.29) is 0 Å². The number of benzene rings is 14. The van der Waals surface area contributed by atoms with Gasteiger partial charge >= 0.3 is 0 Å². The van der Waals surface area contributed by atoms with Crippen molar-refractivity contribution in [3.05, 3.63) is 351 Å². The Morgan fingerprint density at radius 3 is 0.878 bits per heavy atom. The van der Waals surface area contributed by atoms with Gasteiger partial charge in [-0.15, -0.1) is 0 Å². The molecule has 14 aromatic carbocycles. The summed E-state index contributed by atoms with van der Waals surface area (Å²) < 4.78 is 4.95. The number of hydrogen-bond acceptors (Lipinski definition) is 2. The van der Waals surface area contributed by atoms with E-state index in [0.29, 0.717) is 0 Å². The summed E-state index contributed by atoms with van der Waals surface area (Å²) in [4.78, 5) is 4.73. The molecule has 0 spiro atoms. The van der Waals surface area contributed by atoms with Crippen LogP contribution in [-0.2, 0) is 0 Å². The zero-order valence-corrected chi connectivity index (χ0v) is 50.1. The van der Waals surface area contributed by atoms with E-state index in [4.69, 9.17) is 0 Å². The molecule has 16 rings (SSSR count). The fraction of sp³-hybridized carbons (Fsp3) is 0.0233. The zero-order chi connectivity index (χ0) is 60.1. The average molecular weight is 1150 g/mol. The summed E-state index contributed by atoms with van der Waals surface area (Å²) >= 11 is 0. The molecule has 2 aromatic heterocycles. The molecule has 0 bridgehead atoms. The largest absolute Gasteiger partial charge is 0.310 e. The summed E-state index contributed by atoms with van der Waals surface area (Å²) in [5.74, 6) is 0. The lowest BCUT2D eigenvalue weighted by molar-refractivity contribution is 1.13. The van der Waals surface area contributed by atoms with E-state index >= 15 is 0 Å². The zero-order valence-electron chi connectivity index (χ0n) is 50.1. The van der Waals surface area contributed by atoms with Gasteiger partial charge in [0.15, 0.2) is 0 Å². The number of aryl methyl sites for hydroxylation is 2. The van der Waals surface area contributed by atoms with Crippen LogP contribution in [0.25, 0.3) is 111 Å². The first kappa shape index (κ1) is 53.7. The van der Waals surface area contributed by atoms with E-state index < -0.39 is 0 Å². The maximum Gasteiger partial charge on any atom is 0.0619 e. The molecule has 4 nitrogen and oxygen atoms in total. The van der Waals surface area contributed by atoms with Crippen LogP contribution in [0.5, 0.6) is 0 Å². The summed E-state index contributed by atoms with van der Waals surface area (Å²) in [6.07, 6.45) is 0. The van der Waals surface area contributed by atoms with E-state index in [0.717, 1.165) is 101 Å². The summed E-state index contributed by atoms with van der Waals surface area (Å²) in [5.41, 5.74) is 25.0. The molecule has 0 saturated carbocycles. The van der Waals surface area contributed by atoms with Crippen LogP contribution in [-0.4, -0.2) is 9.13 Å². The molecule has 0 unspecified atom stereocenters. The maximum absolute atomic E-state index is 2.48. The Kier molecular flexibility index (Phi) is 13.6. The number of nitrogens with zero attached hydrogens (tertiary/aromatic N) is 4. The van der Waals surface area contributed by atoms with E-state index in [2.05, 4.69) is 372 Å². The minimum Gasteiger partial charge on any atom is -0.310 e. The Bertz CT molecular complexity index is 4930. The number of hydrogen-bond donors (Lipinski definition) is 0. The first-order valence-electron chi connectivity index (χ1n) is 31.0. The minimum atomic E-state index is 1.08. The second-order valence-electron chi connectivity index (χ2n) is 23.5. The molecule has 0 saturated heterocycles. The number of aromatic nitrogens is 2. The Hall–Kier alpha value is -11.7. The SMILES string of the molecule is Cc1ccc(N(c2ccc(-n3c(-c4ccccc4)c(-c4ccccc4)c4cc(-c5ccc6c(c5)c(-c5ccccc5)c(-c5ccccc5)n6-c5ccc(N(c6ccc(C)cc6)c6ccc7ccccc7c6)cc5)ccc43)cc2)c2ccc3ccccc3c2)cc1. The van der Waals surface area contributed by atoms with Crippen LogP contribution in [0.3, 0.4) is 0 Å². The van der Waals surface area contributed by atoms with Gasteiger partial charge in [-0.1, -0.05) is 230 Å². The summed E-state index contributed by atoms with van der Waals surface area (Å²) in [7, 11) is 0. The van der Waals surface area contributed by atoms with Crippen LogP contribution in [0.2, 0.25) is 0 Å². The van der Waals surface area contributed by atoms with E-state index in [1.54, 1.807) is 0 Å². The van der Waals surface area contributed by atoms with Gasteiger partial charge in [0.1, 0.15) is 0 Å². The third-order valence-corrected chi connectivity index (χ3v) is 17.8. The molecule has 0 atom stereocenters. The standard InChI is InChI=1S/C86H62N4/c1-59-31-39-71(40-32-59)87(77-43-35-61-19-15-17-29-67(61)55-77)73-45-49-75(50-46-73)89-81-53-37-69(57-79(81)83(63-21-7-3-8-22-63)85(89)65-25-11-5-12-26-65)70-38-54-82-80(58-70)84(64-23-9-4-10-24-64)86(66-27-13-6-14-28-66)90(82)76-51-47-74(48-52-76)88(72-41-33-60(2)34-42-72)78-44-36-62-20-16-18-30-68(62)56-78/h3-58H,1-2H3. The van der Waals surface area contributed by atoms with Crippen LogP contribution in [0.15, 0.2) is 340 Å². The third-order valence-electron chi connectivity index (χ3n) is 17.8. The average Bonchev–Trinajstić information content (AvgIpc) is 1.61. The van der Waals surface area contributed by atoms with Gasteiger partial charge in [0.25, 0.3) is 0 Å². The van der Waals surface area contributed by atoms with Crippen molar-refractivity contribution in [2.45, 2.75) is 13.8 Å². The summed E-state index contributed by atoms with van der Waals surface area (Å²) in [6.45, 7) is 4.29. The molecule has 0 aliphatic rings. The molecule has 0 radical (unpaired) electrons. The Labute approximate surface area is 525 Å². The highest BCUT2D eigenvalue weighted by Gasteiger charge is 2.26. The smallest absolute Gasteiger partial charge is 0.0619 e. The molecule has 2 heterocycles. The van der Waals surface area contributed by atoms with Crippen LogP contribution in [0.1, 0.15) is 11.1 Å². The fourth-order valence-electron chi connectivity index (χ4n) is 13.4. The molecular weight excluding hydrogens is 1090 g/mol. The van der Waals surface area contributed by atoms with Crippen molar-refractivity contribution in [1.29, 1.82) is 0 Å². The molecule has 90 heavy (non-hydrogen) atoms. The fourth-order valence-corrected chi connectivity index (χ4v) is 13.4. The molecular formula is C86H62N4. The highest BCUT2D eigenvalue weighted by atomic mass is 15.1. The lowest BCUT2D eigenvalue weighted by Crippen LogP contribution is -2.10. The highest BCUT2D eigenvalue weighted by Crippen LogP contribution is 2.48. The van der Waals surface area contributed by atoms with Crippen LogP contribution in [0, 0.1) is 13.8 Å². The second kappa shape index (κ2) is 22.9. The molecule has 0 aliphatic heterocycles. The number of anilines is 6. The normalized spacial score (nSPS) is 11.4. The van der Waals surface area contributed by atoms with Crippen molar-refractivity contribution in [3.8, 4) is 67.3 Å². The summed E-state index contributed by atoms with van der Waals surface area (Å²) in [6, 6.07) is 125. The topological polar surface area (TPSA) is 16.3 Å². The molecule has 16 aromatic rings. The number of fused-ring (bicyclic) bond motifs is 4. The Balaban J connectivity index is 0.863. The van der Waals surface area contributed by atoms with Gasteiger partial charge in [-0.3, -0.25) is 0 Å². The molecule has 0 fully saturated rings. The monoisotopic (exact) mass is 1150 g/mol. The van der Waals surface area contributed by atoms with Gasteiger partial charge in [-0.2, -0.15) is 0 Å². The Morgan fingerprint density at radius 1 is 0.222 bits per heavy atom. The molecule has 0 amide bonds. The molecule has 0 aliphatic carbocycles. The maximum atomic E-state index is 2.48. The van der Waals surface area contributed by atoms with Crippen molar-refractivity contribution in [1.82, 2.24) is 9.13 Å². The van der Waals surface area contributed by atoms with Crippen molar-refractivity contribution in [2.75, 3.05) is 9.80 Å². The van der Waals surface area contributed by atoms with E-state index in [1.807, 2.05) is 0 Å². The van der Waals surface area contributed by atoms with Gasteiger partial charge in [0.05, 0.1) is 22.4 Å². The predicted molar refractivity (Wildman–Crippen MR) is 381 cm³/mol. The van der Waals surface area contributed by atoms with Crippen LogP contribution in [0.4, 0.5) is 34.1 Å². The lowest BCUT2D eigenvalue weighted by Gasteiger charge is -2.26. The van der Waals surface area contributed by atoms with Crippen LogP contribution >= 0.6 is 0 Å². The first-order chi connectivity index (χ1) is 44.5. The molecule has 4 heteroatoms. The van der Waals surface area contributed by atoms with E-state index in [9.17, 15) is 0 Å². The van der Waals surface area contributed by atoms with Crippen LogP contribution < -0.4 is 9.80 Å². The molecule has 0 N–H and O–H groups in total. The van der Waals surface area contributed by atoms with Crippen molar-refractivity contribution >= 4 is 77.5 Å². The van der Waals surface area contributed by atoms with Crippen molar-refractivity contribution < 1.29 is 0 Å². The highest BCUT2D eigenvalue weighted by molar-refractivity contribution is 6.10. The van der Waals surface area contributed by atoms with Gasteiger partial charge in [0.2, 0.25) is 0 Å². The van der Waals surface area contributed by atoms with E-state index in [1.165, 1.54) is 54.6 Å². The van der Waals surface area contributed by atoms with Crippen molar-refractivity contribution in [2.24, 2.45) is 0 Å². The van der Waals surface area contributed by atoms with Gasteiger partial charge < -0.3 is 18.9 Å². The second-order valence-corrected chi connectivity index (χ2v) is 23.5. The van der Waals surface area contributed by atoms with Gasteiger partial charge in [-0.25, -0.2) is 0 Å². The van der Waals surface area contributed by atoms with Gasteiger partial charge in [0, 0.05) is 67.4 Å². The minimum absolute atomic E-state index is 1.08. The van der Waals surface area contributed by atoms with Gasteiger partial charge in [-0.05, 0) is 190 Å². The quantitative estimate of drug-likeness (QED) is 0.114. The third kappa shape index (κ3) is 9.78.